The summed E-state index contributed by atoms with van der Waals surface area (Å²) >= 11 is 0. The van der Waals surface area contributed by atoms with Crippen LogP contribution in [0.2, 0.25) is 0 Å². The van der Waals surface area contributed by atoms with Crippen LogP contribution in [-0.2, 0) is 0 Å². The van der Waals surface area contributed by atoms with E-state index in [0.29, 0.717) is 5.56 Å². The Morgan fingerprint density at radius 2 is 2.17 bits per heavy atom. The molecule has 2 rings (SSSR count). The van der Waals surface area contributed by atoms with Crippen molar-refractivity contribution in [1.82, 2.24) is 10.2 Å². The largest absolute Gasteiger partial charge is 0.494 e. The Morgan fingerprint density at radius 1 is 1.44 bits per heavy atom. The maximum absolute atomic E-state index is 14.2. The summed E-state index contributed by atoms with van der Waals surface area (Å²) < 4.78 is 19.2. The number of aliphatic hydroxyl groups excluding tert-OH is 1. The molecule has 0 aliphatic carbocycles. The van der Waals surface area contributed by atoms with Crippen LogP contribution < -0.4 is 10.1 Å². The molecule has 2 N–H and O–H groups in total. The molecule has 0 aromatic heterocycles. The molecule has 0 radical (unpaired) electrons. The fourth-order valence-electron chi connectivity index (χ4n) is 2.35. The SMILES string of the molecule is COc1cccc([C@H](CO)N2CCNCC2)c1F. The van der Waals surface area contributed by atoms with Crippen molar-refractivity contribution >= 4 is 0 Å². The molecule has 1 heterocycles. The van der Waals surface area contributed by atoms with Gasteiger partial charge in [-0.3, -0.25) is 4.90 Å². The maximum atomic E-state index is 14.2. The summed E-state index contributed by atoms with van der Waals surface area (Å²) in [6.07, 6.45) is 0. The number of hydrogen-bond acceptors (Lipinski definition) is 4. The Kier molecular flexibility index (Phi) is 4.52. The Hall–Kier alpha value is -1.17. The third kappa shape index (κ3) is 2.63. The first-order chi connectivity index (χ1) is 8.77. The fraction of sp³-hybridized carbons (Fsp3) is 0.538. The van der Waals surface area contributed by atoms with Gasteiger partial charge in [-0.05, 0) is 6.07 Å². The van der Waals surface area contributed by atoms with Crippen LogP contribution in [0.25, 0.3) is 0 Å². The summed E-state index contributed by atoms with van der Waals surface area (Å²) in [6.45, 7) is 3.25. The first-order valence-electron chi connectivity index (χ1n) is 6.16. The Morgan fingerprint density at radius 3 is 2.78 bits per heavy atom. The normalized spacial score (nSPS) is 18.6. The van der Waals surface area contributed by atoms with Gasteiger partial charge < -0.3 is 15.2 Å². The molecule has 1 aromatic carbocycles. The van der Waals surface area contributed by atoms with Crippen LogP contribution in [0.1, 0.15) is 11.6 Å². The second-order valence-electron chi connectivity index (χ2n) is 4.35. The maximum Gasteiger partial charge on any atom is 0.169 e. The highest BCUT2D eigenvalue weighted by atomic mass is 19.1. The zero-order valence-electron chi connectivity index (χ0n) is 10.5. The summed E-state index contributed by atoms with van der Waals surface area (Å²) in [7, 11) is 1.45. The van der Waals surface area contributed by atoms with E-state index >= 15 is 0 Å². The van der Waals surface area contributed by atoms with E-state index in [1.807, 2.05) is 0 Å². The fourth-order valence-corrected chi connectivity index (χ4v) is 2.35. The predicted octanol–water partition coefficient (Wildman–Crippen LogP) is 0.773. The second kappa shape index (κ2) is 6.13. The van der Waals surface area contributed by atoms with Gasteiger partial charge in [0, 0.05) is 31.7 Å². The smallest absolute Gasteiger partial charge is 0.169 e. The van der Waals surface area contributed by atoms with Crippen molar-refractivity contribution in [2.45, 2.75) is 6.04 Å². The minimum absolute atomic E-state index is 0.0932. The van der Waals surface area contributed by atoms with Gasteiger partial charge in [0.05, 0.1) is 19.8 Å². The van der Waals surface area contributed by atoms with Gasteiger partial charge in [0.15, 0.2) is 11.6 Å². The molecule has 1 aliphatic rings. The highest BCUT2D eigenvalue weighted by Crippen LogP contribution is 2.28. The molecule has 0 bridgehead atoms. The number of aliphatic hydroxyl groups is 1. The summed E-state index contributed by atoms with van der Waals surface area (Å²) in [5.74, 6) is -0.154. The molecule has 1 aromatic rings. The van der Waals surface area contributed by atoms with E-state index in [4.69, 9.17) is 4.74 Å². The van der Waals surface area contributed by atoms with E-state index in [9.17, 15) is 9.50 Å². The van der Waals surface area contributed by atoms with E-state index in [1.165, 1.54) is 7.11 Å². The molecule has 1 aliphatic heterocycles. The molecular weight excluding hydrogens is 235 g/mol. The number of methoxy groups -OCH3 is 1. The van der Waals surface area contributed by atoms with Crippen LogP contribution >= 0.6 is 0 Å². The van der Waals surface area contributed by atoms with Crippen molar-refractivity contribution in [1.29, 1.82) is 0 Å². The standard InChI is InChI=1S/C13H19FN2O2/c1-18-12-4-2-3-10(13(12)14)11(9-17)16-7-5-15-6-8-16/h2-4,11,15,17H,5-9H2,1H3/t11-/m0/s1. The summed E-state index contributed by atoms with van der Waals surface area (Å²) in [5, 5.41) is 12.8. The van der Waals surface area contributed by atoms with Gasteiger partial charge in [-0.2, -0.15) is 0 Å². The Bertz CT molecular complexity index is 395. The van der Waals surface area contributed by atoms with E-state index in [-0.39, 0.29) is 24.2 Å². The molecule has 1 saturated heterocycles. The van der Waals surface area contributed by atoms with Crippen molar-refractivity contribution in [3.63, 3.8) is 0 Å². The lowest BCUT2D eigenvalue weighted by molar-refractivity contribution is 0.108. The molecule has 0 amide bonds. The highest BCUT2D eigenvalue weighted by Gasteiger charge is 2.25. The topological polar surface area (TPSA) is 44.7 Å². The van der Waals surface area contributed by atoms with Crippen LogP contribution in [0.5, 0.6) is 5.75 Å². The van der Waals surface area contributed by atoms with Crippen LogP contribution in [0.3, 0.4) is 0 Å². The number of rotatable bonds is 4. The predicted molar refractivity (Wildman–Crippen MR) is 67.2 cm³/mol. The minimum Gasteiger partial charge on any atom is -0.494 e. The molecule has 0 saturated carbocycles. The van der Waals surface area contributed by atoms with Crippen LogP contribution in [0.15, 0.2) is 18.2 Å². The summed E-state index contributed by atoms with van der Waals surface area (Å²) in [5.41, 5.74) is 0.499. The molecule has 5 heteroatoms. The van der Waals surface area contributed by atoms with Gasteiger partial charge in [-0.1, -0.05) is 12.1 Å². The summed E-state index contributed by atoms with van der Waals surface area (Å²) in [4.78, 5) is 2.09. The van der Waals surface area contributed by atoms with Gasteiger partial charge in [0.25, 0.3) is 0 Å². The number of benzene rings is 1. The van der Waals surface area contributed by atoms with Crippen molar-refractivity contribution in [3.05, 3.63) is 29.6 Å². The van der Waals surface area contributed by atoms with Crippen molar-refractivity contribution < 1.29 is 14.2 Å². The van der Waals surface area contributed by atoms with Crippen LogP contribution in [0.4, 0.5) is 4.39 Å². The number of hydrogen-bond donors (Lipinski definition) is 2. The lowest BCUT2D eigenvalue weighted by Crippen LogP contribution is -2.46. The van der Waals surface area contributed by atoms with Gasteiger partial charge in [0.1, 0.15) is 0 Å². The first kappa shape index (κ1) is 13.3. The molecule has 100 valence electrons. The molecule has 0 unspecified atom stereocenters. The molecule has 1 fully saturated rings. The first-order valence-corrected chi connectivity index (χ1v) is 6.16. The number of nitrogens with one attached hydrogen (secondary N) is 1. The third-order valence-corrected chi connectivity index (χ3v) is 3.34. The second-order valence-corrected chi connectivity index (χ2v) is 4.35. The average Bonchev–Trinajstić information content (AvgIpc) is 2.43. The Balaban J connectivity index is 2.26. The van der Waals surface area contributed by atoms with Crippen molar-refractivity contribution in [3.8, 4) is 5.75 Å². The molecule has 0 spiro atoms. The lowest BCUT2D eigenvalue weighted by atomic mass is 10.0. The molecule has 1 atom stereocenters. The zero-order valence-corrected chi connectivity index (χ0v) is 10.5. The van der Waals surface area contributed by atoms with Gasteiger partial charge in [-0.25, -0.2) is 4.39 Å². The summed E-state index contributed by atoms with van der Waals surface area (Å²) in [6, 6.07) is 4.75. The molecule has 18 heavy (non-hydrogen) atoms. The van der Waals surface area contributed by atoms with E-state index in [1.54, 1.807) is 18.2 Å². The quantitative estimate of drug-likeness (QED) is 0.833. The van der Waals surface area contributed by atoms with E-state index in [2.05, 4.69) is 10.2 Å². The van der Waals surface area contributed by atoms with E-state index < -0.39 is 0 Å². The minimum atomic E-state index is -0.377. The third-order valence-electron chi connectivity index (χ3n) is 3.34. The van der Waals surface area contributed by atoms with E-state index in [0.717, 1.165) is 26.2 Å². The molecular formula is C13H19FN2O2. The van der Waals surface area contributed by atoms with Crippen LogP contribution in [0, 0.1) is 5.82 Å². The van der Waals surface area contributed by atoms with Crippen molar-refractivity contribution in [2.75, 3.05) is 39.9 Å². The number of halogens is 1. The van der Waals surface area contributed by atoms with Gasteiger partial charge in [0.2, 0.25) is 0 Å². The van der Waals surface area contributed by atoms with Gasteiger partial charge >= 0.3 is 0 Å². The average molecular weight is 254 g/mol. The number of ether oxygens (including phenoxy) is 1. The zero-order chi connectivity index (χ0) is 13.0. The Labute approximate surface area is 106 Å². The molecule has 4 nitrogen and oxygen atoms in total. The van der Waals surface area contributed by atoms with Gasteiger partial charge in [-0.15, -0.1) is 0 Å². The monoisotopic (exact) mass is 254 g/mol. The lowest BCUT2D eigenvalue weighted by Gasteiger charge is -2.34. The highest BCUT2D eigenvalue weighted by molar-refractivity contribution is 5.33. The van der Waals surface area contributed by atoms with Crippen molar-refractivity contribution in [2.24, 2.45) is 0 Å². The van der Waals surface area contributed by atoms with Crippen LogP contribution in [-0.4, -0.2) is 49.9 Å². The number of nitrogens with zero attached hydrogens (tertiary/aromatic N) is 1. The number of piperazine rings is 1.